The Kier molecular flexibility index (Phi) is 6.64. The molecule has 0 aliphatic heterocycles. The predicted molar refractivity (Wildman–Crippen MR) is 115 cm³/mol. The molecule has 0 aromatic heterocycles. The van der Waals surface area contributed by atoms with Gasteiger partial charge < -0.3 is 9.47 Å². The molecule has 0 saturated heterocycles. The zero-order valence-corrected chi connectivity index (χ0v) is 16.6. The zero-order chi connectivity index (χ0) is 19.8. The number of nitrogens with zero attached hydrogens (tertiary/aromatic N) is 1. The number of rotatable bonds is 6. The summed E-state index contributed by atoms with van der Waals surface area (Å²) in [6.07, 6.45) is 3.38. The lowest BCUT2D eigenvalue weighted by atomic mass is 10.1. The van der Waals surface area contributed by atoms with Crippen molar-refractivity contribution in [3.05, 3.63) is 107 Å². The van der Waals surface area contributed by atoms with E-state index < -0.39 is 0 Å². The van der Waals surface area contributed by atoms with E-state index in [9.17, 15) is 0 Å². The largest absolute Gasteiger partial charge is 0.496 e. The van der Waals surface area contributed by atoms with Crippen LogP contribution in [-0.4, -0.2) is 5.90 Å². The van der Waals surface area contributed by atoms with Gasteiger partial charge >= 0.3 is 0 Å². The number of hydrogen-bond acceptors (Lipinski definition) is 3. The molecule has 3 heteroatoms. The van der Waals surface area contributed by atoms with Gasteiger partial charge in [-0.3, -0.25) is 0 Å². The van der Waals surface area contributed by atoms with Gasteiger partial charge in [-0.25, -0.2) is 4.99 Å². The van der Waals surface area contributed by atoms with E-state index in [0.717, 1.165) is 22.6 Å². The molecule has 0 N–H and O–H groups in total. The number of ether oxygens (including phenoxy) is 2. The van der Waals surface area contributed by atoms with Crippen LogP contribution in [0.15, 0.2) is 90.1 Å². The fraction of sp³-hybridized carbons (Fsp3) is 0.160. The first-order valence-electron chi connectivity index (χ1n) is 9.33. The van der Waals surface area contributed by atoms with Gasteiger partial charge in [0, 0.05) is 6.08 Å². The van der Waals surface area contributed by atoms with E-state index in [1.165, 1.54) is 11.1 Å². The molecule has 0 bridgehead atoms. The Hall–Kier alpha value is -3.33. The Balaban J connectivity index is 1.77. The highest BCUT2D eigenvalue weighted by Gasteiger charge is 2.02. The lowest BCUT2D eigenvalue weighted by Crippen LogP contribution is -2.05. The van der Waals surface area contributed by atoms with E-state index in [2.05, 4.69) is 24.9 Å². The van der Waals surface area contributed by atoms with Crippen molar-refractivity contribution >= 4 is 11.6 Å². The minimum absolute atomic E-state index is 0.474. The Bertz CT molecular complexity index is 975. The first-order chi connectivity index (χ1) is 13.6. The van der Waals surface area contributed by atoms with Crippen molar-refractivity contribution < 1.29 is 9.47 Å². The van der Waals surface area contributed by atoms with Gasteiger partial charge in [-0.1, -0.05) is 48.5 Å². The van der Waals surface area contributed by atoms with Crippen LogP contribution in [0.4, 0.5) is 5.69 Å². The zero-order valence-electron chi connectivity index (χ0n) is 16.6. The fourth-order valence-electron chi connectivity index (χ4n) is 2.64. The number of aryl methyl sites for hydroxylation is 3. The van der Waals surface area contributed by atoms with Crippen molar-refractivity contribution in [3.8, 4) is 5.75 Å². The maximum absolute atomic E-state index is 6.00. The highest BCUT2D eigenvalue weighted by Crippen LogP contribution is 2.19. The number of hydrogen-bond donors (Lipinski definition) is 0. The molecular formula is C25H25NO2. The van der Waals surface area contributed by atoms with Crippen LogP contribution in [0.5, 0.6) is 5.75 Å². The third-order valence-electron chi connectivity index (χ3n) is 4.34. The van der Waals surface area contributed by atoms with Gasteiger partial charge in [0.25, 0.3) is 0 Å². The summed E-state index contributed by atoms with van der Waals surface area (Å²) >= 11 is 0. The highest BCUT2D eigenvalue weighted by atomic mass is 16.5. The van der Waals surface area contributed by atoms with Crippen LogP contribution in [-0.2, 0) is 11.3 Å². The summed E-state index contributed by atoms with van der Waals surface area (Å²) in [5.41, 5.74) is 5.52. The Labute approximate surface area is 167 Å². The molecule has 28 heavy (non-hydrogen) atoms. The monoisotopic (exact) mass is 371 g/mol. The van der Waals surface area contributed by atoms with E-state index >= 15 is 0 Å². The Morgan fingerprint density at radius 2 is 1.68 bits per heavy atom. The molecule has 3 nitrogen and oxygen atoms in total. The third-order valence-corrected chi connectivity index (χ3v) is 4.34. The molecule has 3 aromatic carbocycles. The second kappa shape index (κ2) is 9.56. The summed E-state index contributed by atoms with van der Waals surface area (Å²) in [5, 5.41) is 0. The van der Waals surface area contributed by atoms with Crippen molar-refractivity contribution in [3.63, 3.8) is 0 Å². The fourth-order valence-corrected chi connectivity index (χ4v) is 2.64. The molecule has 0 radical (unpaired) electrons. The first-order valence-corrected chi connectivity index (χ1v) is 9.33. The standard InChI is InChI=1S/C25H25NO2/c1-19-8-7-11-24(16-19)28-25(26-23-13-12-20(2)21(3)17-23)14-15-27-18-22-9-5-4-6-10-22/h4-17H,18H2,1-3H3/b15-14+,26-25-. The average Bonchev–Trinajstić information content (AvgIpc) is 2.69. The Morgan fingerprint density at radius 3 is 2.43 bits per heavy atom. The lowest BCUT2D eigenvalue weighted by Gasteiger charge is -2.08. The van der Waals surface area contributed by atoms with Crippen LogP contribution in [0.25, 0.3) is 0 Å². The van der Waals surface area contributed by atoms with E-state index in [-0.39, 0.29) is 0 Å². The molecule has 0 heterocycles. The molecular weight excluding hydrogens is 346 g/mol. The molecule has 0 unspecified atom stereocenters. The van der Waals surface area contributed by atoms with Crippen molar-refractivity contribution in [1.82, 2.24) is 0 Å². The summed E-state index contributed by atoms with van der Waals surface area (Å²) in [6, 6.07) is 24.0. The van der Waals surface area contributed by atoms with Gasteiger partial charge in [-0.15, -0.1) is 0 Å². The van der Waals surface area contributed by atoms with Crippen LogP contribution in [0.2, 0.25) is 0 Å². The molecule has 0 saturated carbocycles. The minimum atomic E-state index is 0.474. The molecule has 0 amide bonds. The van der Waals surface area contributed by atoms with Crippen molar-refractivity contribution in [2.24, 2.45) is 4.99 Å². The first kappa shape index (κ1) is 19.4. The van der Waals surface area contributed by atoms with E-state index in [1.54, 1.807) is 12.3 Å². The Morgan fingerprint density at radius 1 is 0.857 bits per heavy atom. The van der Waals surface area contributed by atoms with Crippen LogP contribution in [0.3, 0.4) is 0 Å². The molecule has 0 aliphatic carbocycles. The summed E-state index contributed by atoms with van der Waals surface area (Å²) in [7, 11) is 0. The van der Waals surface area contributed by atoms with Gasteiger partial charge in [0.05, 0.1) is 11.9 Å². The summed E-state index contributed by atoms with van der Waals surface area (Å²) < 4.78 is 11.7. The molecule has 0 aliphatic rings. The van der Waals surface area contributed by atoms with Gasteiger partial charge in [0.15, 0.2) is 0 Å². The predicted octanol–water partition coefficient (Wildman–Crippen LogP) is 6.45. The summed E-state index contributed by atoms with van der Waals surface area (Å²) in [6.45, 7) is 6.70. The van der Waals surface area contributed by atoms with Crippen molar-refractivity contribution in [2.45, 2.75) is 27.4 Å². The molecule has 0 fully saturated rings. The van der Waals surface area contributed by atoms with E-state index in [4.69, 9.17) is 9.47 Å². The quantitative estimate of drug-likeness (QED) is 0.283. The van der Waals surface area contributed by atoms with E-state index in [1.807, 2.05) is 73.7 Å². The second-order valence-corrected chi connectivity index (χ2v) is 6.74. The molecule has 0 atom stereocenters. The normalized spacial score (nSPS) is 11.6. The van der Waals surface area contributed by atoms with Gasteiger partial charge in [0.2, 0.25) is 5.90 Å². The maximum Gasteiger partial charge on any atom is 0.222 e. The molecule has 3 aromatic rings. The van der Waals surface area contributed by atoms with Gasteiger partial charge in [-0.2, -0.15) is 0 Å². The summed E-state index contributed by atoms with van der Waals surface area (Å²) in [4.78, 5) is 4.66. The topological polar surface area (TPSA) is 30.8 Å². The summed E-state index contributed by atoms with van der Waals surface area (Å²) in [5.74, 6) is 1.22. The third kappa shape index (κ3) is 5.85. The van der Waals surface area contributed by atoms with Crippen LogP contribution in [0, 0.1) is 20.8 Å². The highest BCUT2D eigenvalue weighted by molar-refractivity contribution is 5.91. The smallest absolute Gasteiger partial charge is 0.222 e. The lowest BCUT2D eigenvalue weighted by molar-refractivity contribution is 0.236. The average molecular weight is 371 g/mol. The van der Waals surface area contributed by atoms with Crippen molar-refractivity contribution in [2.75, 3.05) is 0 Å². The number of aliphatic imine (C=N–C) groups is 1. The number of benzene rings is 3. The van der Waals surface area contributed by atoms with Crippen LogP contribution in [0.1, 0.15) is 22.3 Å². The molecule has 0 spiro atoms. The molecule has 142 valence electrons. The van der Waals surface area contributed by atoms with Crippen LogP contribution >= 0.6 is 0 Å². The van der Waals surface area contributed by atoms with E-state index in [0.29, 0.717) is 12.5 Å². The second-order valence-electron chi connectivity index (χ2n) is 6.74. The van der Waals surface area contributed by atoms with Gasteiger partial charge in [0.1, 0.15) is 12.4 Å². The van der Waals surface area contributed by atoms with Crippen LogP contribution < -0.4 is 4.74 Å². The SMILES string of the molecule is Cc1cccc(OC(/C=C/OCc2ccccc2)=N\c2ccc(C)c(C)c2)c1. The van der Waals surface area contributed by atoms with Gasteiger partial charge in [-0.05, 0) is 67.3 Å². The minimum Gasteiger partial charge on any atom is -0.496 e. The maximum atomic E-state index is 6.00. The molecule has 3 rings (SSSR count). The van der Waals surface area contributed by atoms with Crippen molar-refractivity contribution in [1.29, 1.82) is 0 Å².